The Morgan fingerprint density at radius 3 is 2.69 bits per heavy atom. The van der Waals surface area contributed by atoms with E-state index < -0.39 is 30.1 Å². The Hall–Kier alpha value is -3.24. The average molecular weight is 500 g/mol. The fourth-order valence-corrected chi connectivity index (χ4v) is 3.88. The van der Waals surface area contributed by atoms with E-state index in [1.54, 1.807) is 19.2 Å². The summed E-state index contributed by atoms with van der Waals surface area (Å²) < 4.78 is 11.9. The maximum atomic E-state index is 13.2. The van der Waals surface area contributed by atoms with Gasteiger partial charge in [0.05, 0.1) is 12.4 Å². The SMILES string of the molecule is CC(N)C(=O)NC(Cc1cnc[nH]1)C(=O)OC(CNC(C)(C)C)COc1cccc2c1CCCC2=O. The number of H-pyrrole nitrogens is 1. The van der Waals surface area contributed by atoms with Gasteiger partial charge in [0.1, 0.15) is 24.5 Å². The van der Waals surface area contributed by atoms with Crippen molar-refractivity contribution < 1.29 is 23.9 Å². The van der Waals surface area contributed by atoms with Crippen molar-refractivity contribution in [1.29, 1.82) is 0 Å². The van der Waals surface area contributed by atoms with Crippen molar-refractivity contribution in [3.8, 4) is 5.75 Å². The summed E-state index contributed by atoms with van der Waals surface area (Å²) in [4.78, 5) is 44.7. The number of hydrogen-bond donors (Lipinski definition) is 4. The lowest BCUT2D eigenvalue weighted by atomic mass is 9.90. The molecule has 3 atom stereocenters. The van der Waals surface area contributed by atoms with Gasteiger partial charge >= 0.3 is 5.97 Å². The molecule has 0 spiro atoms. The third-order valence-corrected chi connectivity index (χ3v) is 5.83. The molecule has 36 heavy (non-hydrogen) atoms. The summed E-state index contributed by atoms with van der Waals surface area (Å²) >= 11 is 0. The minimum Gasteiger partial charge on any atom is -0.489 e. The zero-order valence-electron chi connectivity index (χ0n) is 21.4. The van der Waals surface area contributed by atoms with Gasteiger partial charge in [-0.25, -0.2) is 9.78 Å². The van der Waals surface area contributed by atoms with Crippen LogP contribution in [0.25, 0.3) is 0 Å². The summed E-state index contributed by atoms with van der Waals surface area (Å²) in [5, 5.41) is 6.01. The van der Waals surface area contributed by atoms with Gasteiger partial charge in [0.15, 0.2) is 5.78 Å². The molecule has 196 valence electrons. The Labute approximate surface area is 211 Å². The van der Waals surface area contributed by atoms with Crippen LogP contribution in [0, 0.1) is 0 Å². The molecule has 0 fully saturated rings. The number of ether oxygens (including phenoxy) is 2. The van der Waals surface area contributed by atoms with Crippen molar-refractivity contribution in [3.05, 3.63) is 47.5 Å². The first-order chi connectivity index (χ1) is 17.0. The number of benzene rings is 1. The van der Waals surface area contributed by atoms with Gasteiger partial charge in [-0.2, -0.15) is 0 Å². The summed E-state index contributed by atoms with van der Waals surface area (Å²) in [5.41, 5.74) is 7.73. The van der Waals surface area contributed by atoms with Gasteiger partial charge < -0.3 is 30.8 Å². The second kappa shape index (κ2) is 12.1. The number of nitrogens with two attached hydrogens (primary N) is 1. The zero-order valence-corrected chi connectivity index (χ0v) is 21.4. The average Bonchev–Trinajstić information content (AvgIpc) is 3.33. The van der Waals surface area contributed by atoms with Gasteiger partial charge in [-0.15, -0.1) is 0 Å². The molecule has 1 aliphatic carbocycles. The van der Waals surface area contributed by atoms with Gasteiger partial charge in [0.25, 0.3) is 0 Å². The number of aromatic amines is 1. The van der Waals surface area contributed by atoms with E-state index in [4.69, 9.17) is 15.2 Å². The normalized spacial score (nSPS) is 16.0. The van der Waals surface area contributed by atoms with E-state index in [-0.39, 0.29) is 24.3 Å². The Balaban J connectivity index is 1.74. The molecule has 1 heterocycles. The number of esters is 1. The fourth-order valence-electron chi connectivity index (χ4n) is 3.88. The van der Waals surface area contributed by atoms with Crippen LogP contribution in [0.15, 0.2) is 30.7 Å². The first-order valence-corrected chi connectivity index (χ1v) is 12.3. The quantitative estimate of drug-likeness (QED) is 0.341. The molecule has 0 radical (unpaired) electrons. The molecule has 1 aliphatic rings. The number of nitrogens with zero attached hydrogens (tertiary/aromatic N) is 1. The van der Waals surface area contributed by atoms with Gasteiger partial charge in [-0.1, -0.05) is 12.1 Å². The third-order valence-electron chi connectivity index (χ3n) is 5.83. The molecule has 1 aromatic heterocycles. The number of Topliss-reactive ketones (excluding diaryl/α,β-unsaturated/α-hetero) is 1. The van der Waals surface area contributed by atoms with E-state index in [1.165, 1.54) is 6.33 Å². The summed E-state index contributed by atoms with van der Waals surface area (Å²) in [5.74, 6) is -0.326. The Morgan fingerprint density at radius 2 is 2.03 bits per heavy atom. The van der Waals surface area contributed by atoms with Crippen molar-refractivity contribution in [2.45, 2.75) is 77.1 Å². The highest BCUT2D eigenvalue weighted by atomic mass is 16.6. The maximum Gasteiger partial charge on any atom is 0.329 e. The van der Waals surface area contributed by atoms with E-state index >= 15 is 0 Å². The smallest absolute Gasteiger partial charge is 0.329 e. The number of fused-ring (bicyclic) bond motifs is 1. The summed E-state index contributed by atoms with van der Waals surface area (Å²) in [6.07, 6.45) is 4.69. The number of ketones is 1. The summed E-state index contributed by atoms with van der Waals surface area (Å²) in [6.45, 7) is 7.99. The van der Waals surface area contributed by atoms with Crippen molar-refractivity contribution in [2.75, 3.05) is 13.2 Å². The molecule has 0 saturated heterocycles. The van der Waals surface area contributed by atoms with Crippen LogP contribution in [0.5, 0.6) is 5.75 Å². The Morgan fingerprint density at radius 1 is 1.25 bits per heavy atom. The third kappa shape index (κ3) is 7.89. The molecule has 10 heteroatoms. The largest absolute Gasteiger partial charge is 0.489 e. The lowest BCUT2D eigenvalue weighted by Crippen LogP contribution is -2.51. The lowest BCUT2D eigenvalue weighted by molar-refractivity contribution is -0.154. The second-order valence-corrected chi connectivity index (χ2v) is 10.2. The first-order valence-electron chi connectivity index (χ1n) is 12.3. The van der Waals surface area contributed by atoms with Crippen LogP contribution in [-0.2, 0) is 27.2 Å². The maximum absolute atomic E-state index is 13.2. The highest BCUT2D eigenvalue weighted by Crippen LogP contribution is 2.29. The predicted octanol–water partition coefficient (Wildman–Crippen LogP) is 1.68. The summed E-state index contributed by atoms with van der Waals surface area (Å²) in [7, 11) is 0. The standard InChI is InChI=1S/C26H37N5O5/c1-16(27)24(33)31-21(11-17-12-28-15-29-17)25(34)36-18(13-30-26(2,3)4)14-35-23-10-6-7-19-20(23)8-5-9-22(19)32/h6-7,10,12,15-16,18,21,30H,5,8-9,11,13-14,27H2,1-4H3,(H,28,29)(H,31,33). The topological polar surface area (TPSA) is 148 Å². The minimum atomic E-state index is -0.955. The molecule has 0 aliphatic heterocycles. The number of nitrogens with one attached hydrogen (secondary N) is 3. The molecule has 2 aromatic rings. The zero-order chi connectivity index (χ0) is 26.3. The van der Waals surface area contributed by atoms with E-state index in [2.05, 4.69) is 20.6 Å². The van der Waals surface area contributed by atoms with Gasteiger partial charge in [0, 0.05) is 47.9 Å². The molecule has 1 amide bonds. The van der Waals surface area contributed by atoms with Crippen molar-refractivity contribution >= 4 is 17.7 Å². The highest BCUT2D eigenvalue weighted by Gasteiger charge is 2.29. The molecular weight excluding hydrogens is 462 g/mol. The van der Waals surface area contributed by atoms with Gasteiger partial charge in [-0.05, 0) is 46.6 Å². The van der Waals surface area contributed by atoms with Crippen LogP contribution in [0.2, 0.25) is 0 Å². The number of imidazole rings is 1. The molecule has 10 nitrogen and oxygen atoms in total. The van der Waals surface area contributed by atoms with E-state index in [9.17, 15) is 14.4 Å². The highest BCUT2D eigenvalue weighted by molar-refractivity contribution is 5.99. The number of rotatable bonds is 11. The number of aromatic nitrogens is 2. The van der Waals surface area contributed by atoms with Crippen LogP contribution in [0.4, 0.5) is 0 Å². The second-order valence-electron chi connectivity index (χ2n) is 10.2. The fraction of sp³-hybridized carbons (Fsp3) is 0.538. The number of hydrogen-bond acceptors (Lipinski definition) is 8. The monoisotopic (exact) mass is 499 g/mol. The first kappa shape index (κ1) is 27.3. The molecular formula is C26H37N5O5. The number of amides is 1. The predicted molar refractivity (Wildman–Crippen MR) is 135 cm³/mol. The number of carbonyl (C=O) groups is 3. The molecule has 0 bridgehead atoms. The molecule has 3 unspecified atom stereocenters. The van der Waals surface area contributed by atoms with Crippen molar-refractivity contribution in [3.63, 3.8) is 0 Å². The van der Waals surface area contributed by atoms with E-state index in [1.807, 2.05) is 32.9 Å². The van der Waals surface area contributed by atoms with Crippen LogP contribution in [0.3, 0.4) is 0 Å². The lowest BCUT2D eigenvalue weighted by Gasteiger charge is -2.27. The van der Waals surface area contributed by atoms with Crippen LogP contribution in [-0.4, -0.2) is 64.5 Å². The molecule has 3 rings (SSSR count). The molecule has 1 aromatic carbocycles. The van der Waals surface area contributed by atoms with Crippen molar-refractivity contribution in [2.24, 2.45) is 5.73 Å². The van der Waals surface area contributed by atoms with Crippen LogP contribution in [0.1, 0.15) is 62.2 Å². The Kier molecular flexibility index (Phi) is 9.22. The van der Waals surface area contributed by atoms with Crippen molar-refractivity contribution in [1.82, 2.24) is 20.6 Å². The summed E-state index contributed by atoms with van der Waals surface area (Å²) in [6, 6.07) is 3.72. The van der Waals surface area contributed by atoms with Gasteiger partial charge in [0.2, 0.25) is 5.91 Å². The molecule has 5 N–H and O–H groups in total. The van der Waals surface area contributed by atoms with Gasteiger partial charge in [-0.3, -0.25) is 9.59 Å². The Bertz CT molecular complexity index is 1050. The number of carbonyl (C=O) groups excluding carboxylic acids is 3. The van der Waals surface area contributed by atoms with Crippen LogP contribution < -0.4 is 21.1 Å². The van der Waals surface area contributed by atoms with E-state index in [0.717, 1.165) is 18.4 Å². The molecule has 0 saturated carbocycles. The van der Waals surface area contributed by atoms with E-state index in [0.29, 0.717) is 30.0 Å². The minimum absolute atomic E-state index is 0.0808. The van der Waals surface area contributed by atoms with Crippen LogP contribution >= 0.6 is 0 Å².